The average molecular weight is 358 g/mol. The van der Waals surface area contributed by atoms with Gasteiger partial charge in [-0.25, -0.2) is 0 Å². The number of rotatable bonds is 3. The third-order valence-corrected chi connectivity index (χ3v) is 3.16. The van der Waals surface area contributed by atoms with Crippen LogP contribution >= 0.6 is 46.4 Å². The van der Waals surface area contributed by atoms with Crippen molar-refractivity contribution in [1.82, 2.24) is 10.6 Å². The molecule has 0 saturated carbocycles. The van der Waals surface area contributed by atoms with Crippen molar-refractivity contribution in [2.75, 3.05) is 0 Å². The quantitative estimate of drug-likeness (QED) is 0.630. The van der Waals surface area contributed by atoms with Crippen molar-refractivity contribution in [2.45, 2.75) is 36.3 Å². The number of halogens is 4. The van der Waals surface area contributed by atoms with Crippen LogP contribution in [0.4, 0.5) is 0 Å². The first kappa shape index (κ1) is 17.9. The molecule has 0 saturated heterocycles. The fourth-order valence-electron chi connectivity index (χ4n) is 1.48. The standard InChI is InChI=1S/C13H16Cl4N2O/c1-12(2,3)19-11(13(15,16)17)18-10(20)8-5-4-6-9(14)7-8/h4-7,11,19H,1-3H3,(H,18,20)/t11-/m0/s1. The van der Waals surface area contributed by atoms with E-state index in [-0.39, 0.29) is 11.4 Å². The van der Waals surface area contributed by atoms with Crippen LogP contribution < -0.4 is 10.6 Å². The highest BCUT2D eigenvalue weighted by Crippen LogP contribution is 2.30. The first-order chi connectivity index (χ1) is 8.99. The summed E-state index contributed by atoms with van der Waals surface area (Å²) in [6, 6.07) is 6.54. The first-order valence-electron chi connectivity index (χ1n) is 5.90. The number of hydrogen-bond donors (Lipinski definition) is 2. The van der Waals surface area contributed by atoms with Crippen LogP contribution in [0.5, 0.6) is 0 Å². The van der Waals surface area contributed by atoms with E-state index in [1.165, 1.54) is 0 Å². The zero-order valence-electron chi connectivity index (χ0n) is 11.3. The third-order valence-electron chi connectivity index (χ3n) is 2.27. The molecule has 3 nitrogen and oxygen atoms in total. The summed E-state index contributed by atoms with van der Waals surface area (Å²) in [7, 11) is 0. The van der Waals surface area contributed by atoms with Crippen molar-refractivity contribution in [3.05, 3.63) is 34.9 Å². The molecule has 1 aromatic rings. The largest absolute Gasteiger partial charge is 0.333 e. The monoisotopic (exact) mass is 356 g/mol. The van der Waals surface area contributed by atoms with Crippen molar-refractivity contribution in [3.63, 3.8) is 0 Å². The number of alkyl halides is 3. The predicted molar refractivity (Wildman–Crippen MR) is 85.9 cm³/mol. The highest BCUT2D eigenvalue weighted by atomic mass is 35.6. The maximum atomic E-state index is 12.2. The lowest BCUT2D eigenvalue weighted by Gasteiger charge is -2.33. The van der Waals surface area contributed by atoms with E-state index in [2.05, 4.69) is 10.6 Å². The van der Waals surface area contributed by atoms with Crippen LogP contribution in [0.2, 0.25) is 5.02 Å². The van der Waals surface area contributed by atoms with E-state index in [0.29, 0.717) is 10.6 Å². The summed E-state index contributed by atoms with van der Waals surface area (Å²) in [5.41, 5.74) is 0.0587. The Morgan fingerprint density at radius 2 is 1.80 bits per heavy atom. The van der Waals surface area contributed by atoms with Crippen molar-refractivity contribution < 1.29 is 4.79 Å². The van der Waals surface area contributed by atoms with Gasteiger partial charge in [0.1, 0.15) is 6.17 Å². The van der Waals surface area contributed by atoms with Gasteiger partial charge in [-0.05, 0) is 39.0 Å². The Hall–Kier alpha value is -0.190. The molecule has 0 unspecified atom stereocenters. The van der Waals surface area contributed by atoms with Gasteiger partial charge in [-0.1, -0.05) is 52.5 Å². The molecule has 0 aliphatic heterocycles. The minimum absolute atomic E-state index is 0.337. The average Bonchev–Trinajstić information content (AvgIpc) is 2.25. The summed E-state index contributed by atoms with van der Waals surface area (Å²) >= 11 is 23.5. The van der Waals surface area contributed by atoms with Crippen LogP contribution in [0.25, 0.3) is 0 Å². The van der Waals surface area contributed by atoms with E-state index in [1.54, 1.807) is 24.3 Å². The molecule has 0 aliphatic carbocycles. The zero-order valence-corrected chi connectivity index (χ0v) is 14.3. The molecule has 1 amide bonds. The van der Waals surface area contributed by atoms with Gasteiger partial charge < -0.3 is 5.32 Å². The lowest BCUT2D eigenvalue weighted by Crippen LogP contribution is -2.58. The van der Waals surface area contributed by atoms with Gasteiger partial charge >= 0.3 is 0 Å². The molecule has 112 valence electrons. The third kappa shape index (κ3) is 6.06. The summed E-state index contributed by atoms with van der Waals surface area (Å²) in [4.78, 5) is 12.2. The Balaban J connectivity index is 2.88. The number of amides is 1. The molecular formula is C13H16Cl4N2O. The minimum Gasteiger partial charge on any atom is -0.333 e. The van der Waals surface area contributed by atoms with Crippen LogP contribution in [0, 0.1) is 0 Å². The first-order valence-corrected chi connectivity index (χ1v) is 7.41. The van der Waals surface area contributed by atoms with Gasteiger partial charge in [0.25, 0.3) is 5.91 Å². The zero-order chi connectivity index (χ0) is 15.6. The molecule has 0 fully saturated rings. The fraction of sp³-hybridized carbons (Fsp3) is 0.462. The van der Waals surface area contributed by atoms with Gasteiger partial charge in [-0.2, -0.15) is 0 Å². The second kappa shape index (κ2) is 6.71. The van der Waals surface area contributed by atoms with Crippen LogP contribution in [0.3, 0.4) is 0 Å². The Morgan fingerprint density at radius 1 is 1.20 bits per heavy atom. The molecule has 0 aromatic heterocycles. The van der Waals surface area contributed by atoms with Crippen molar-refractivity contribution in [1.29, 1.82) is 0 Å². The molecule has 1 rings (SSSR count). The van der Waals surface area contributed by atoms with Crippen molar-refractivity contribution in [2.24, 2.45) is 0 Å². The van der Waals surface area contributed by atoms with Crippen LogP contribution in [-0.2, 0) is 0 Å². The highest BCUT2D eigenvalue weighted by molar-refractivity contribution is 6.68. The van der Waals surface area contributed by atoms with Gasteiger partial charge in [-0.15, -0.1) is 0 Å². The maximum Gasteiger partial charge on any atom is 0.252 e. The van der Waals surface area contributed by atoms with E-state index in [9.17, 15) is 4.79 Å². The Labute approximate surface area is 138 Å². The summed E-state index contributed by atoms with van der Waals surface area (Å²) < 4.78 is -1.68. The van der Waals surface area contributed by atoms with Gasteiger partial charge in [0.2, 0.25) is 3.79 Å². The number of carbonyl (C=O) groups is 1. The SMILES string of the molecule is CC(C)(C)N[C@H](NC(=O)c1cccc(Cl)c1)C(Cl)(Cl)Cl. The highest BCUT2D eigenvalue weighted by Gasteiger charge is 2.36. The molecule has 0 spiro atoms. The molecule has 1 aromatic carbocycles. The van der Waals surface area contributed by atoms with Crippen LogP contribution in [0.1, 0.15) is 31.1 Å². The molecule has 0 aliphatic rings. The smallest absolute Gasteiger partial charge is 0.252 e. The van der Waals surface area contributed by atoms with E-state index in [0.717, 1.165) is 0 Å². The molecule has 0 heterocycles. The van der Waals surface area contributed by atoms with Gasteiger partial charge in [0.05, 0.1) is 0 Å². The van der Waals surface area contributed by atoms with E-state index < -0.39 is 9.96 Å². The summed E-state index contributed by atoms with van der Waals surface area (Å²) in [6.45, 7) is 5.71. The maximum absolute atomic E-state index is 12.2. The number of carbonyl (C=O) groups excluding carboxylic acids is 1. The van der Waals surface area contributed by atoms with E-state index in [1.807, 2.05) is 20.8 Å². The van der Waals surface area contributed by atoms with E-state index >= 15 is 0 Å². The topological polar surface area (TPSA) is 41.1 Å². The molecule has 0 bridgehead atoms. The fourth-order valence-corrected chi connectivity index (χ4v) is 1.99. The Bertz CT molecular complexity index is 480. The van der Waals surface area contributed by atoms with Crippen LogP contribution in [0.15, 0.2) is 24.3 Å². The molecule has 7 heteroatoms. The predicted octanol–water partition coefficient (Wildman–Crippen LogP) is 4.15. The van der Waals surface area contributed by atoms with Crippen LogP contribution in [-0.4, -0.2) is 21.4 Å². The van der Waals surface area contributed by atoms with Gasteiger partial charge in [0.15, 0.2) is 0 Å². The number of benzene rings is 1. The normalized spacial score (nSPS) is 13.9. The molecule has 20 heavy (non-hydrogen) atoms. The van der Waals surface area contributed by atoms with E-state index in [4.69, 9.17) is 46.4 Å². The molecule has 0 radical (unpaired) electrons. The van der Waals surface area contributed by atoms with Gasteiger partial charge in [0, 0.05) is 16.1 Å². The summed E-state index contributed by atoms with van der Waals surface area (Å²) in [5, 5.41) is 6.17. The lowest BCUT2D eigenvalue weighted by molar-refractivity contribution is 0.0922. The minimum atomic E-state index is -1.68. The number of hydrogen-bond acceptors (Lipinski definition) is 2. The van der Waals surface area contributed by atoms with Crippen molar-refractivity contribution in [3.8, 4) is 0 Å². The molecular weight excluding hydrogens is 342 g/mol. The molecule has 1 atom stereocenters. The summed E-state index contributed by atoms with van der Waals surface area (Å²) in [5.74, 6) is -0.374. The summed E-state index contributed by atoms with van der Waals surface area (Å²) in [6.07, 6.45) is -0.834. The van der Waals surface area contributed by atoms with Crippen molar-refractivity contribution >= 4 is 52.3 Å². The molecule has 2 N–H and O–H groups in total. The number of nitrogens with one attached hydrogen (secondary N) is 2. The lowest BCUT2D eigenvalue weighted by atomic mass is 10.1. The Kier molecular flexibility index (Phi) is 6.00. The Morgan fingerprint density at radius 3 is 2.25 bits per heavy atom. The van der Waals surface area contributed by atoms with Gasteiger partial charge in [-0.3, -0.25) is 10.1 Å². The second-order valence-corrected chi connectivity index (χ2v) is 8.16. The second-order valence-electron chi connectivity index (χ2n) is 5.35.